The normalized spacial score (nSPS) is 16.2. The molecule has 1 aliphatic rings. The van der Waals surface area contributed by atoms with Gasteiger partial charge < -0.3 is 14.6 Å². The van der Waals surface area contributed by atoms with Crippen molar-refractivity contribution in [2.75, 3.05) is 0 Å². The summed E-state index contributed by atoms with van der Waals surface area (Å²) in [6.45, 7) is 1.72. The van der Waals surface area contributed by atoms with E-state index in [0.29, 0.717) is 16.3 Å². The van der Waals surface area contributed by atoms with Gasteiger partial charge in [-0.2, -0.15) is 13.2 Å². The van der Waals surface area contributed by atoms with Gasteiger partial charge in [0.05, 0.1) is 16.2 Å². The van der Waals surface area contributed by atoms with Crippen LogP contribution in [0.1, 0.15) is 11.1 Å². The molecule has 4 nitrogen and oxygen atoms in total. The number of benzene rings is 2. The zero-order valence-electron chi connectivity index (χ0n) is 13.6. The van der Waals surface area contributed by atoms with Crippen LogP contribution in [0, 0.1) is 6.92 Å². The molecule has 0 radical (unpaired) electrons. The van der Waals surface area contributed by atoms with E-state index < -0.39 is 23.8 Å². The zero-order valence-corrected chi connectivity index (χ0v) is 15.1. The van der Waals surface area contributed by atoms with E-state index in [-0.39, 0.29) is 22.1 Å². The summed E-state index contributed by atoms with van der Waals surface area (Å²) in [4.78, 5) is 11.3. The second-order valence-corrected chi connectivity index (χ2v) is 6.59. The lowest BCUT2D eigenvalue weighted by Crippen LogP contribution is -2.40. The van der Waals surface area contributed by atoms with E-state index >= 15 is 0 Å². The summed E-state index contributed by atoms with van der Waals surface area (Å²) in [7, 11) is 0. The number of aliphatic carboxylic acids is 1. The maximum atomic E-state index is 13.2. The van der Waals surface area contributed by atoms with E-state index in [4.69, 9.17) is 32.7 Å². The van der Waals surface area contributed by atoms with Gasteiger partial charge in [0.25, 0.3) is 0 Å². The Hall–Kier alpha value is -2.38. The molecule has 0 spiro atoms. The fraction of sp³-hybridized carbons (Fsp3) is 0.167. The highest BCUT2D eigenvalue weighted by molar-refractivity contribution is 6.32. The highest BCUT2D eigenvalue weighted by atomic mass is 35.5. The van der Waals surface area contributed by atoms with Gasteiger partial charge in [0.2, 0.25) is 6.10 Å². The molecule has 1 heterocycles. The first kappa shape index (κ1) is 19.4. The molecule has 0 saturated carbocycles. The van der Waals surface area contributed by atoms with Crippen molar-refractivity contribution >= 4 is 35.2 Å². The maximum Gasteiger partial charge on any atom is 0.430 e. The molecule has 0 fully saturated rings. The van der Waals surface area contributed by atoms with Gasteiger partial charge in [-0.15, -0.1) is 0 Å². The fourth-order valence-electron chi connectivity index (χ4n) is 2.57. The number of aryl methyl sites for hydroxylation is 1. The van der Waals surface area contributed by atoms with Crippen LogP contribution in [-0.4, -0.2) is 23.4 Å². The summed E-state index contributed by atoms with van der Waals surface area (Å²) in [5.41, 5.74) is -0.298. The van der Waals surface area contributed by atoms with Gasteiger partial charge in [0, 0.05) is 5.02 Å². The van der Waals surface area contributed by atoms with Gasteiger partial charge in [-0.3, -0.25) is 0 Å². The number of carboxylic acid groups (broad SMARTS) is 1. The molecular weight excluding hydrogens is 408 g/mol. The Balaban J connectivity index is 2.12. The Morgan fingerprint density at radius 1 is 1.22 bits per heavy atom. The molecule has 1 N–H and O–H groups in total. The first-order chi connectivity index (χ1) is 12.6. The van der Waals surface area contributed by atoms with Gasteiger partial charge in [-0.05, 0) is 48.9 Å². The summed E-state index contributed by atoms with van der Waals surface area (Å²) in [5.74, 6) is -1.60. The molecule has 0 amide bonds. The second-order valence-electron chi connectivity index (χ2n) is 5.74. The smallest absolute Gasteiger partial charge is 0.430 e. The lowest BCUT2D eigenvalue weighted by molar-refractivity contribution is -0.187. The van der Waals surface area contributed by atoms with Gasteiger partial charge in [0.15, 0.2) is 5.75 Å². The standard InChI is InChI=1S/C18H11Cl2F3O4/c1-8-6-9(19)2-4-13(8)26-15-10-7-11(17(24)25)16(18(21,22)23)27-14(10)5-3-12(15)20/h2-7,16H,1H3,(H,24,25). The Morgan fingerprint density at radius 2 is 1.93 bits per heavy atom. The molecule has 0 aromatic heterocycles. The number of hydrogen-bond donors (Lipinski definition) is 1. The fourth-order valence-corrected chi connectivity index (χ4v) is 3.00. The SMILES string of the molecule is Cc1cc(Cl)ccc1Oc1c(Cl)ccc2c1C=C(C(=O)O)C(C(F)(F)F)O2. The van der Waals surface area contributed by atoms with Crippen LogP contribution < -0.4 is 9.47 Å². The average molecular weight is 419 g/mol. The molecule has 2 aromatic rings. The van der Waals surface area contributed by atoms with Crippen LogP contribution in [0.5, 0.6) is 17.2 Å². The second kappa shape index (κ2) is 6.98. The minimum absolute atomic E-state index is 0.00903. The molecule has 3 rings (SSSR count). The van der Waals surface area contributed by atoms with Crippen LogP contribution in [0.4, 0.5) is 13.2 Å². The lowest BCUT2D eigenvalue weighted by atomic mass is 10.0. The number of carbonyl (C=O) groups is 1. The van der Waals surface area contributed by atoms with Crippen molar-refractivity contribution in [3.05, 3.63) is 57.1 Å². The zero-order chi connectivity index (χ0) is 19.9. The van der Waals surface area contributed by atoms with E-state index in [1.807, 2.05) is 0 Å². The molecule has 0 bridgehead atoms. The topological polar surface area (TPSA) is 55.8 Å². The van der Waals surface area contributed by atoms with Crippen molar-refractivity contribution in [2.24, 2.45) is 0 Å². The van der Waals surface area contributed by atoms with Crippen LogP contribution >= 0.6 is 23.2 Å². The van der Waals surface area contributed by atoms with Crippen molar-refractivity contribution < 1.29 is 32.5 Å². The Bertz CT molecular complexity index is 954. The van der Waals surface area contributed by atoms with E-state index in [1.165, 1.54) is 12.1 Å². The Morgan fingerprint density at radius 3 is 2.52 bits per heavy atom. The molecule has 0 aliphatic carbocycles. The summed E-state index contributed by atoms with van der Waals surface area (Å²) >= 11 is 12.0. The molecule has 1 unspecified atom stereocenters. The number of carboxylic acids is 1. The van der Waals surface area contributed by atoms with Crippen LogP contribution in [0.3, 0.4) is 0 Å². The monoisotopic (exact) mass is 418 g/mol. The molecule has 0 saturated heterocycles. The van der Waals surface area contributed by atoms with Crippen LogP contribution in [0.25, 0.3) is 6.08 Å². The van der Waals surface area contributed by atoms with Gasteiger partial charge >= 0.3 is 12.1 Å². The molecular formula is C18H11Cl2F3O4. The number of alkyl halides is 3. The summed E-state index contributed by atoms with van der Waals surface area (Å²) in [6.07, 6.45) is -6.62. The van der Waals surface area contributed by atoms with Crippen molar-refractivity contribution in [1.29, 1.82) is 0 Å². The van der Waals surface area contributed by atoms with Crippen molar-refractivity contribution in [1.82, 2.24) is 0 Å². The van der Waals surface area contributed by atoms with Crippen LogP contribution in [0.2, 0.25) is 10.0 Å². The largest absolute Gasteiger partial charge is 0.478 e. The lowest BCUT2D eigenvalue weighted by Gasteiger charge is -2.28. The molecule has 1 aliphatic heterocycles. The Labute approximate surface area is 161 Å². The number of rotatable bonds is 3. The highest BCUT2D eigenvalue weighted by Crippen LogP contribution is 2.45. The van der Waals surface area contributed by atoms with E-state index in [2.05, 4.69) is 0 Å². The first-order valence-corrected chi connectivity index (χ1v) is 8.28. The molecule has 1 atom stereocenters. The summed E-state index contributed by atoms with van der Waals surface area (Å²) in [6, 6.07) is 7.31. The quantitative estimate of drug-likeness (QED) is 0.675. The summed E-state index contributed by atoms with van der Waals surface area (Å²) in [5, 5.41) is 9.74. The number of halogens is 5. The Kier molecular flexibility index (Phi) is 5.01. The first-order valence-electron chi connectivity index (χ1n) is 7.52. The molecule has 2 aromatic carbocycles. The third-order valence-electron chi connectivity index (χ3n) is 3.83. The third-order valence-corrected chi connectivity index (χ3v) is 4.36. The van der Waals surface area contributed by atoms with E-state index in [9.17, 15) is 23.1 Å². The summed E-state index contributed by atoms with van der Waals surface area (Å²) < 4.78 is 50.2. The predicted molar refractivity (Wildman–Crippen MR) is 93.8 cm³/mol. The van der Waals surface area contributed by atoms with E-state index in [1.54, 1.807) is 25.1 Å². The molecule has 27 heavy (non-hydrogen) atoms. The average Bonchev–Trinajstić information content (AvgIpc) is 2.57. The number of ether oxygens (including phenoxy) is 2. The van der Waals surface area contributed by atoms with Crippen molar-refractivity contribution in [3.8, 4) is 17.2 Å². The minimum Gasteiger partial charge on any atom is -0.478 e. The number of fused-ring (bicyclic) bond motifs is 1. The van der Waals surface area contributed by atoms with E-state index in [0.717, 1.165) is 6.08 Å². The molecule has 142 valence electrons. The predicted octanol–water partition coefficient (Wildman–Crippen LogP) is 5.89. The van der Waals surface area contributed by atoms with Crippen molar-refractivity contribution in [3.63, 3.8) is 0 Å². The van der Waals surface area contributed by atoms with Gasteiger partial charge in [-0.25, -0.2) is 4.79 Å². The van der Waals surface area contributed by atoms with Gasteiger partial charge in [-0.1, -0.05) is 23.2 Å². The van der Waals surface area contributed by atoms with Crippen molar-refractivity contribution in [2.45, 2.75) is 19.2 Å². The minimum atomic E-state index is -4.89. The maximum absolute atomic E-state index is 13.2. The highest BCUT2D eigenvalue weighted by Gasteiger charge is 2.48. The third kappa shape index (κ3) is 3.84. The molecule has 9 heteroatoms. The van der Waals surface area contributed by atoms with Crippen LogP contribution in [-0.2, 0) is 4.79 Å². The number of hydrogen-bond acceptors (Lipinski definition) is 3. The van der Waals surface area contributed by atoms with Gasteiger partial charge in [0.1, 0.15) is 11.5 Å². The van der Waals surface area contributed by atoms with Crippen LogP contribution in [0.15, 0.2) is 35.9 Å².